The van der Waals surface area contributed by atoms with E-state index in [0.717, 1.165) is 31.7 Å². The molecule has 2 fully saturated rings. The number of pyridine rings is 1. The van der Waals surface area contributed by atoms with Gasteiger partial charge in [0.05, 0.1) is 23.0 Å². The zero-order chi connectivity index (χ0) is 12.0. The second-order valence-electron chi connectivity index (χ2n) is 5.05. The van der Waals surface area contributed by atoms with Crippen molar-refractivity contribution in [2.45, 2.75) is 18.9 Å². The van der Waals surface area contributed by atoms with E-state index < -0.39 is 0 Å². The lowest BCUT2D eigenvalue weighted by atomic mass is 10.00. The van der Waals surface area contributed by atoms with E-state index in [2.05, 4.69) is 9.88 Å². The lowest BCUT2D eigenvalue weighted by Gasteiger charge is -2.20. The number of aliphatic hydroxyl groups excluding tert-OH is 1. The first-order valence-corrected chi connectivity index (χ1v) is 6.37. The Morgan fingerprint density at radius 2 is 2.24 bits per heavy atom. The van der Waals surface area contributed by atoms with Crippen LogP contribution in [0, 0.1) is 11.8 Å². The Balaban J connectivity index is 1.83. The fourth-order valence-electron chi connectivity index (χ4n) is 3.09. The molecule has 0 amide bonds. The van der Waals surface area contributed by atoms with Gasteiger partial charge in [0.2, 0.25) is 0 Å². The zero-order valence-electron chi connectivity index (χ0n) is 9.51. The Labute approximate surface area is 105 Å². The first-order chi connectivity index (χ1) is 8.15. The van der Waals surface area contributed by atoms with Gasteiger partial charge in [0, 0.05) is 19.0 Å². The SMILES string of the molecule is Nc1cnc(N2CC3CCC(O)C3C2)c(Cl)c1. The van der Waals surface area contributed by atoms with E-state index in [9.17, 15) is 5.11 Å². The van der Waals surface area contributed by atoms with Crippen LogP contribution in [0.1, 0.15) is 12.8 Å². The number of aliphatic hydroxyl groups is 1. The summed E-state index contributed by atoms with van der Waals surface area (Å²) in [6.07, 6.45) is 3.52. The molecule has 3 N–H and O–H groups in total. The van der Waals surface area contributed by atoms with E-state index in [1.54, 1.807) is 12.3 Å². The average molecular weight is 254 g/mol. The molecule has 3 unspecified atom stereocenters. The van der Waals surface area contributed by atoms with Gasteiger partial charge in [-0.3, -0.25) is 0 Å². The molecule has 2 heterocycles. The van der Waals surface area contributed by atoms with Crippen LogP contribution in [0.2, 0.25) is 5.02 Å². The molecular weight excluding hydrogens is 238 g/mol. The van der Waals surface area contributed by atoms with Crippen LogP contribution >= 0.6 is 11.6 Å². The summed E-state index contributed by atoms with van der Waals surface area (Å²) < 4.78 is 0. The summed E-state index contributed by atoms with van der Waals surface area (Å²) in [6, 6.07) is 1.73. The van der Waals surface area contributed by atoms with Crippen molar-refractivity contribution >= 4 is 23.1 Å². The molecular formula is C12H16ClN3O. The smallest absolute Gasteiger partial charge is 0.147 e. The minimum atomic E-state index is -0.155. The van der Waals surface area contributed by atoms with E-state index >= 15 is 0 Å². The molecule has 1 aromatic heterocycles. The first-order valence-electron chi connectivity index (χ1n) is 5.99. The molecule has 17 heavy (non-hydrogen) atoms. The number of hydrogen-bond acceptors (Lipinski definition) is 4. The third kappa shape index (κ3) is 1.85. The van der Waals surface area contributed by atoms with Crippen molar-refractivity contribution < 1.29 is 5.11 Å². The molecule has 0 radical (unpaired) electrons. The molecule has 3 atom stereocenters. The maximum Gasteiger partial charge on any atom is 0.147 e. The van der Waals surface area contributed by atoms with Crippen molar-refractivity contribution in [2.75, 3.05) is 23.7 Å². The molecule has 3 rings (SSSR count). The second kappa shape index (κ2) is 4.03. The maximum atomic E-state index is 9.88. The number of anilines is 2. The Bertz CT molecular complexity index is 440. The standard InChI is InChI=1S/C12H16ClN3O/c13-10-3-8(14)4-15-12(10)16-5-7-1-2-11(17)9(7)6-16/h3-4,7,9,11,17H,1-2,5-6,14H2. The molecule has 1 aromatic rings. The van der Waals surface area contributed by atoms with E-state index in [4.69, 9.17) is 17.3 Å². The van der Waals surface area contributed by atoms with Gasteiger partial charge in [-0.05, 0) is 24.8 Å². The van der Waals surface area contributed by atoms with Crippen LogP contribution in [-0.4, -0.2) is 29.3 Å². The van der Waals surface area contributed by atoms with Crippen LogP contribution in [-0.2, 0) is 0 Å². The highest BCUT2D eigenvalue weighted by Gasteiger charge is 2.42. The Hall–Kier alpha value is -1.00. The summed E-state index contributed by atoms with van der Waals surface area (Å²) in [5, 5.41) is 10.5. The lowest BCUT2D eigenvalue weighted by Crippen LogP contribution is -2.25. The molecule has 5 heteroatoms. The van der Waals surface area contributed by atoms with Gasteiger partial charge >= 0.3 is 0 Å². The molecule has 0 bridgehead atoms. The Kier molecular flexibility index (Phi) is 2.64. The van der Waals surface area contributed by atoms with Crippen LogP contribution in [0.25, 0.3) is 0 Å². The summed E-state index contributed by atoms with van der Waals surface area (Å²) in [4.78, 5) is 6.47. The molecule has 1 saturated carbocycles. The Morgan fingerprint density at radius 1 is 1.41 bits per heavy atom. The van der Waals surface area contributed by atoms with Crippen molar-refractivity contribution in [2.24, 2.45) is 11.8 Å². The topological polar surface area (TPSA) is 62.4 Å². The summed E-state index contributed by atoms with van der Waals surface area (Å²) in [6.45, 7) is 1.79. The van der Waals surface area contributed by atoms with Crippen molar-refractivity contribution in [3.05, 3.63) is 17.3 Å². The number of nitrogen functional groups attached to an aromatic ring is 1. The molecule has 1 saturated heterocycles. The molecule has 0 aromatic carbocycles. The Morgan fingerprint density at radius 3 is 2.94 bits per heavy atom. The van der Waals surface area contributed by atoms with Crippen LogP contribution < -0.4 is 10.6 Å². The molecule has 0 spiro atoms. The third-order valence-corrected chi connectivity index (χ3v) is 4.24. The lowest BCUT2D eigenvalue weighted by molar-refractivity contribution is 0.133. The van der Waals surface area contributed by atoms with Crippen LogP contribution in [0.15, 0.2) is 12.3 Å². The highest BCUT2D eigenvalue weighted by atomic mass is 35.5. The highest BCUT2D eigenvalue weighted by Crippen LogP contribution is 2.40. The van der Waals surface area contributed by atoms with Crippen molar-refractivity contribution in [1.82, 2.24) is 4.98 Å². The fraction of sp³-hybridized carbons (Fsp3) is 0.583. The average Bonchev–Trinajstić information content (AvgIpc) is 2.81. The number of hydrogen-bond donors (Lipinski definition) is 2. The number of halogens is 1. The summed E-state index contributed by atoms with van der Waals surface area (Å²) in [5.41, 5.74) is 6.22. The van der Waals surface area contributed by atoms with Gasteiger partial charge in [-0.15, -0.1) is 0 Å². The van der Waals surface area contributed by atoms with E-state index in [0.29, 0.717) is 22.5 Å². The molecule has 4 nitrogen and oxygen atoms in total. The first kappa shape index (κ1) is 11.1. The maximum absolute atomic E-state index is 9.88. The number of aromatic nitrogens is 1. The predicted octanol–water partition coefficient (Wildman–Crippen LogP) is 1.52. The van der Waals surface area contributed by atoms with Gasteiger partial charge in [-0.25, -0.2) is 4.98 Å². The minimum Gasteiger partial charge on any atom is -0.397 e. The molecule has 2 aliphatic rings. The molecule has 1 aliphatic carbocycles. The highest BCUT2D eigenvalue weighted by molar-refractivity contribution is 6.33. The number of nitrogens with zero attached hydrogens (tertiary/aromatic N) is 2. The molecule has 1 aliphatic heterocycles. The van der Waals surface area contributed by atoms with Crippen molar-refractivity contribution in [1.29, 1.82) is 0 Å². The van der Waals surface area contributed by atoms with Crippen molar-refractivity contribution in [3.8, 4) is 0 Å². The summed E-state index contributed by atoms with van der Waals surface area (Å²) in [5.74, 6) is 1.76. The largest absolute Gasteiger partial charge is 0.397 e. The number of nitrogens with two attached hydrogens (primary N) is 1. The second-order valence-corrected chi connectivity index (χ2v) is 5.45. The van der Waals surface area contributed by atoms with E-state index in [-0.39, 0.29) is 6.10 Å². The molecule has 92 valence electrons. The van der Waals surface area contributed by atoms with Crippen molar-refractivity contribution in [3.63, 3.8) is 0 Å². The summed E-state index contributed by atoms with van der Waals surface area (Å²) in [7, 11) is 0. The van der Waals surface area contributed by atoms with E-state index in [1.807, 2.05) is 0 Å². The predicted molar refractivity (Wildman–Crippen MR) is 68.1 cm³/mol. The third-order valence-electron chi connectivity index (χ3n) is 3.96. The van der Waals surface area contributed by atoms with Crippen LogP contribution in [0.5, 0.6) is 0 Å². The fourth-order valence-corrected chi connectivity index (χ4v) is 3.38. The van der Waals surface area contributed by atoms with Crippen LogP contribution in [0.4, 0.5) is 11.5 Å². The quantitative estimate of drug-likeness (QED) is 0.797. The van der Waals surface area contributed by atoms with Crippen LogP contribution in [0.3, 0.4) is 0 Å². The van der Waals surface area contributed by atoms with E-state index in [1.165, 1.54) is 0 Å². The normalized spacial score (nSPS) is 31.9. The summed E-state index contributed by atoms with van der Waals surface area (Å²) >= 11 is 6.16. The van der Waals surface area contributed by atoms with Gasteiger partial charge in [-0.1, -0.05) is 11.6 Å². The van der Waals surface area contributed by atoms with Gasteiger partial charge < -0.3 is 15.7 Å². The van der Waals surface area contributed by atoms with Gasteiger partial charge in [0.15, 0.2) is 0 Å². The number of rotatable bonds is 1. The van der Waals surface area contributed by atoms with Gasteiger partial charge in [0.1, 0.15) is 5.82 Å². The van der Waals surface area contributed by atoms with Gasteiger partial charge in [0.25, 0.3) is 0 Å². The minimum absolute atomic E-state index is 0.155. The zero-order valence-corrected chi connectivity index (χ0v) is 10.3. The number of fused-ring (bicyclic) bond motifs is 1. The monoisotopic (exact) mass is 253 g/mol. The van der Waals surface area contributed by atoms with Gasteiger partial charge in [-0.2, -0.15) is 0 Å².